The van der Waals surface area contributed by atoms with Crippen LogP contribution in [0.2, 0.25) is 0 Å². The summed E-state index contributed by atoms with van der Waals surface area (Å²) >= 11 is 1.65. The van der Waals surface area contributed by atoms with Crippen LogP contribution in [-0.2, 0) is 0 Å². The van der Waals surface area contributed by atoms with Crippen LogP contribution in [0, 0.1) is 0 Å². The number of rotatable bonds is 3. The first kappa shape index (κ1) is 10.3. The summed E-state index contributed by atoms with van der Waals surface area (Å²) in [5.74, 6) is 0. The number of hydrogen-bond acceptors (Lipinski definition) is 3. The number of hydrogen-bond donors (Lipinski definition) is 2. The molecule has 78 valence electrons. The first-order chi connectivity index (χ1) is 7.33. The Morgan fingerprint density at radius 3 is 2.67 bits per heavy atom. The number of nitrogens with two attached hydrogens (primary N) is 1. The standard InChI is InChI=1S/C12H14N2S/c1-2-14-15-12-8-4-5-9-10(12)6-3-7-11(9)13/h3-8,14H,2,13H2,1H3. The van der Waals surface area contributed by atoms with Crippen LogP contribution < -0.4 is 10.5 Å². The molecule has 0 spiro atoms. The molecule has 0 saturated heterocycles. The van der Waals surface area contributed by atoms with Crippen LogP contribution in [-0.4, -0.2) is 6.54 Å². The van der Waals surface area contributed by atoms with Gasteiger partial charge in [0, 0.05) is 22.5 Å². The summed E-state index contributed by atoms with van der Waals surface area (Å²) in [6, 6.07) is 12.2. The zero-order valence-electron chi connectivity index (χ0n) is 8.66. The molecule has 0 fully saturated rings. The van der Waals surface area contributed by atoms with E-state index in [9.17, 15) is 0 Å². The molecule has 0 amide bonds. The van der Waals surface area contributed by atoms with Crippen LogP contribution in [0.15, 0.2) is 41.3 Å². The van der Waals surface area contributed by atoms with Gasteiger partial charge < -0.3 is 5.73 Å². The van der Waals surface area contributed by atoms with Crippen LogP contribution in [0.5, 0.6) is 0 Å². The summed E-state index contributed by atoms with van der Waals surface area (Å²) in [5.41, 5.74) is 6.76. The fraction of sp³-hybridized carbons (Fsp3) is 0.167. The normalized spacial score (nSPS) is 10.7. The lowest BCUT2D eigenvalue weighted by Gasteiger charge is -2.07. The number of anilines is 1. The van der Waals surface area contributed by atoms with Crippen molar-refractivity contribution in [3.05, 3.63) is 36.4 Å². The monoisotopic (exact) mass is 218 g/mol. The Balaban J connectivity index is 2.51. The van der Waals surface area contributed by atoms with Crippen molar-refractivity contribution in [2.24, 2.45) is 0 Å². The average Bonchev–Trinajstić information content (AvgIpc) is 2.27. The van der Waals surface area contributed by atoms with E-state index in [1.54, 1.807) is 11.9 Å². The molecular formula is C12H14N2S. The third-order valence-electron chi connectivity index (χ3n) is 2.24. The second-order valence-electron chi connectivity index (χ2n) is 3.30. The summed E-state index contributed by atoms with van der Waals surface area (Å²) in [6.45, 7) is 3.04. The molecule has 2 rings (SSSR count). The quantitative estimate of drug-likeness (QED) is 0.614. The van der Waals surface area contributed by atoms with Gasteiger partial charge in [0.15, 0.2) is 0 Å². The minimum Gasteiger partial charge on any atom is -0.398 e. The SMILES string of the molecule is CCNSc1cccc2c(N)cccc12. The molecule has 3 heteroatoms. The third kappa shape index (κ3) is 2.08. The van der Waals surface area contributed by atoms with Crippen LogP contribution in [0.3, 0.4) is 0 Å². The summed E-state index contributed by atoms with van der Waals surface area (Å²) < 4.78 is 3.25. The Hall–Kier alpha value is -1.19. The molecular weight excluding hydrogens is 204 g/mol. The van der Waals surface area contributed by atoms with E-state index in [2.05, 4.69) is 29.8 Å². The fourth-order valence-electron chi connectivity index (χ4n) is 1.54. The second kappa shape index (κ2) is 4.55. The smallest absolute Gasteiger partial charge is 0.0394 e. The van der Waals surface area contributed by atoms with Crippen molar-refractivity contribution in [3.8, 4) is 0 Å². The Labute approximate surface area is 94.0 Å². The van der Waals surface area contributed by atoms with Gasteiger partial charge in [0.2, 0.25) is 0 Å². The number of nitrogen functional groups attached to an aromatic ring is 1. The van der Waals surface area contributed by atoms with Crippen molar-refractivity contribution in [2.45, 2.75) is 11.8 Å². The molecule has 0 atom stereocenters. The van der Waals surface area contributed by atoms with E-state index in [0.717, 1.165) is 17.6 Å². The molecule has 0 saturated carbocycles. The van der Waals surface area contributed by atoms with Gasteiger partial charge in [-0.05, 0) is 29.5 Å². The van der Waals surface area contributed by atoms with E-state index >= 15 is 0 Å². The Bertz CT molecular complexity index is 468. The predicted molar refractivity (Wildman–Crippen MR) is 67.9 cm³/mol. The highest BCUT2D eigenvalue weighted by Crippen LogP contribution is 2.29. The molecule has 0 aliphatic rings. The molecule has 3 N–H and O–H groups in total. The Morgan fingerprint density at radius 1 is 1.13 bits per heavy atom. The van der Waals surface area contributed by atoms with Gasteiger partial charge in [-0.15, -0.1) is 0 Å². The molecule has 0 bridgehead atoms. The summed E-state index contributed by atoms with van der Waals surface area (Å²) in [6.07, 6.45) is 0. The van der Waals surface area contributed by atoms with Crippen LogP contribution >= 0.6 is 11.9 Å². The zero-order chi connectivity index (χ0) is 10.7. The number of nitrogens with one attached hydrogen (secondary N) is 1. The summed E-state index contributed by atoms with van der Waals surface area (Å²) in [7, 11) is 0. The van der Waals surface area contributed by atoms with Gasteiger partial charge in [-0.2, -0.15) is 0 Å². The van der Waals surface area contributed by atoms with Gasteiger partial charge in [0.1, 0.15) is 0 Å². The molecule has 0 aliphatic heterocycles. The first-order valence-corrected chi connectivity index (χ1v) is 5.81. The third-order valence-corrected chi connectivity index (χ3v) is 3.25. The van der Waals surface area contributed by atoms with Gasteiger partial charge in [-0.3, -0.25) is 4.72 Å². The van der Waals surface area contributed by atoms with Gasteiger partial charge in [0.25, 0.3) is 0 Å². The molecule has 2 aromatic carbocycles. The second-order valence-corrected chi connectivity index (χ2v) is 4.23. The van der Waals surface area contributed by atoms with E-state index < -0.39 is 0 Å². The van der Waals surface area contributed by atoms with Gasteiger partial charge >= 0.3 is 0 Å². The van der Waals surface area contributed by atoms with Gasteiger partial charge in [-0.1, -0.05) is 31.2 Å². The van der Waals surface area contributed by atoms with Crippen LogP contribution in [0.1, 0.15) is 6.92 Å². The highest BCUT2D eigenvalue weighted by Gasteiger charge is 2.02. The van der Waals surface area contributed by atoms with Gasteiger partial charge in [0.05, 0.1) is 0 Å². The molecule has 2 nitrogen and oxygen atoms in total. The van der Waals surface area contributed by atoms with Crippen LogP contribution in [0.4, 0.5) is 5.69 Å². The minimum atomic E-state index is 0.839. The highest BCUT2D eigenvalue weighted by atomic mass is 32.2. The lowest BCUT2D eigenvalue weighted by molar-refractivity contribution is 1.03. The highest BCUT2D eigenvalue weighted by molar-refractivity contribution is 7.97. The molecule has 0 heterocycles. The lowest BCUT2D eigenvalue weighted by atomic mass is 10.1. The maximum atomic E-state index is 5.92. The van der Waals surface area contributed by atoms with E-state index in [-0.39, 0.29) is 0 Å². The zero-order valence-corrected chi connectivity index (χ0v) is 9.47. The van der Waals surface area contributed by atoms with Crippen molar-refractivity contribution >= 4 is 28.4 Å². The number of fused-ring (bicyclic) bond motifs is 1. The largest absolute Gasteiger partial charge is 0.398 e. The fourth-order valence-corrected chi connectivity index (χ4v) is 2.28. The minimum absolute atomic E-state index is 0.839. The lowest BCUT2D eigenvalue weighted by Crippen LogP contribution is -2.00. The van der Waals surface area contributed by atoms with Crippen molar-refractivity contribution in [2.75, 3.05) is 12.3 Å². The molecule has 0 aromatic heterocycles. The molecule has 0 radical (unpaired) electrons. The first-order valence-electron chi connectivity index (χ1n) is 5.00. The van der Waals surface area contributed by atoms with E-state index in [1.165, 1.54) is 10.3 Å². The van der Waals surface area contributed by atoms with Gasteiger partial charge in [-0.25, -0.2) is 0 Å². The molecule has 0 unspecified atom stereocenters. The van der Waals surface area contributed by atoms with Crippen molar-refractivity contribution < 1.29 is 0 Å². The van der Waals surface area contributed by atoms with Crippen molar-refractivity contribution in [3.63, 3.8) is 0 Å². The summed E-state index contributed by atoms with van der Waals surface area (Å²) in [4.78, 5) is 1.22. The van der Waals surface area contributed by atoms with Crippen LogP contribution in [0.25, 0.3) is 10.8 Å². The molecule has 2 aromatic rings. The van der Waals surface area contributed by atoms with Crippen molar-refractivity contribution in [1.82, 2.24) is 4.72 Å². The van der Waals surface area contributed by atoms with E-state index in [0.29, 0.717) is 0 Å². The maximum absolute atomic E-state index is 5.92. The molecule has 15 heavy (non-hydrogen) atoms. The Kier molecular flexibility index (Phi) is 3.14. The maximum Gasteiger partial charge on any atom is 0.0394 e. The number of benzene rings is 2. The molecule has 0 aliphatic carbocycles. The Morgan fingerprint density at radius 2 is 1.87 bits per heavy atom. The van der Waals surface area contributed by atoms with Crippen molar-refractivity contribution in [1.29, 1.82) is 0 Å². The predicted octanol–water partition coefficient (Wildman–Crippen LogP) is 3.04. The average molecular weight is 218 g/mol. The van der Waals surface area contributed by atoms with E-state index in [4.69, 9.17) is 5.73 Å². The van der Waals surface area contributed by atoms with E-state index in [1.807, 2.05) is 18.2 Å². The topological polar surface area (TPSA) is 38.0 Å². The summed E-state index contributed by atoms with van der Waals surface area (Å²) in [5, 5.41) is 2.34.